The molecule has 0 saturated heterocycles. The molecule has 0 saturated carbocycles. The molecule has 7 nitrogen and oxygen atoms in total. The van der Waals surface area contributed by atoms with Crippen LogP contribution in [-0.4, -0.2) is 46.5 Å². The van der Waals surface area contributed by atoms with Gasteiger partial charge in [0, 0.05) is 31.4 Å². The molecule has 0 bridgehead atoms. The predicted octanol–water partition coefficient (Wildman–Crippen LogP) is 1.75. The zero-order chi connectivity index (χ0) is 16.8. The number of ether oxygens (including phenoxy) is 1. The zero-order valence-electron chi connectivity index (χ0n) is 12.4. The third-order valence-corrected chi connectivity index (χ3v) is 3.40. The van der Waals surface area contributed by atoms with E-state index >= 15 is 0 Å². The standard InChI is InChI=1S/C15H16ClN3O4/c1-23-7-6-13(15(21)22)18-14(20)10-8-17-19(9-10)12-4-2-11(16)3-5-12/h2-5,8-9,13H,6-7H2,1H3,(H,18,20)(H,21,22). The number of rotatable bonds is 7. The van der Waals surface area contributed by atoms with Gasteiger partial charge in [0.2, 0.25) is 0 Å². The fourth-order valence-corrected chi connectivity index (χ4v) is 2.04. The Balaban J connectivity index is 2.08. The number of carboxylic acids is 1. The van der Waals surface area contributed by atoms with Crippen molar-refractivity contribution in [1.29, 1.82) is 0 Å². The van der Waals surface area contributed by atoms with E-state index in [1.165, 1.54) is 24.2 Å². The fraction of sp³-hybridized carbons (Fsp3) is 0.267. The molecule has 0 aliphatic rings. The number of nitrogens with zero attached hydrogens (tertiary/aromatic N) is 2. The highest BCUT2D eigenvalue weighted by Gasteiger charge is 2.21. The van der Waals surface area contributed by atoms with E-state index in [-0.39, 0.29) is 18.6 Å². The average Bonchev–Trinajstić information content (AvgIpc) is 3.01. The summed E-state index contributed by atoms with van der Waals surface area (Å²) in [6, 6.07) is 5.93. The highest BCUT2D eigenvalue weighted by Crippen LogP contribution is 2.13. The van der Waals surface area contributed by atoms with Gasteiger partial charge in [-0.15, -0.1) is 0 Å². The first-order chi connectivity index (χ1) is 11.0. The highest BCUT2D eigenvalue weighted by atomic mass is 35.5. The minimum atomic E-state index is -1.11. The van der Waals surface area contributed by atoms with Gasteiger partial charge in [0.05, 0.1) is 17.4 Å². The van der Waals surface area contributed by atoms with E-state index in [9.17, 15) is 9.59 Å². The molecule has 1 aromatic carbocycles. The highest BCUT2D eigenvalue weighted by molar-refractivity contribution is 6.30. The topological polar surface area (TPSA) is 93.5 Å². The van der Waals surface area contributed by atoms with Crippen LogP contribution in [0, 0.1) is 0 Å². The number of hydrogen-bond donors (Lipinski definition) is 2. The Morgan fingerprint density at radius 1 is 1.39 bits per heavy atom. The van der Waals surface area contributed by atoms with Gasteiger partial charge >= 0.3 is 5.97 Å². The summed E-state index contributed by atoms with van der Waals surface area (Å²) in [5.74, 6) is -1.62. The lowest BCUT2D eigenvalue weighted by molar-refractivity contribution is -0.139. The molecular weight excluding hydrogens is 322 g/mol. The number of hydrogen-bond acceptors (Lipinski definition) is 4. The maximum absolute atomic E-state index is 12.1. The number of amides is 1. The number of carboxylic acid groups (broad SMARTS) is 1. The predicted molar refractivity (Wildman–Crippen MR) is 84.0 cm³/mol. The van der Waals surface area contributed by atoms with Crippen molar-refractivity contribution in [2.45, 2.75) is 12.5 Å². The summed E-state index contributed by atoms with van der Waals surface area (Å²) in [7, 11) is 1.47. The minimum Gasteiger partial charge on any atom is -0.480 e. The SMILES string of the molecule is COCCC(NC(=O)c1cnn(-c2ccc(Cl)cc2)c1)C(=O)O. The Bertz CT molecular complexity index is 684. The van der Waals surface area contributed by atoms with Crippen LogP contribution in [0.25, 0.3) is 5.69 Å². The summed E-state index contributed by atoms with van der Waals surface area (Å²) in [6.07, 6.45) is 3.08. The Morgan fingerprint density at radius 3 is 2.70 bits per heavy atom. The van der Waals surface area contributed by atoms with Crippen molar-refractivity contribution in [1.82, 2.24) is 15.1 Å². The van der Waals surface area contributed by atoms with Crippen molar-refractivity contribution in [3.63, 3.8) is 0 Å². The van der Waals surface area contributed by atoms with Crippen LogP contribution in [-0.2, 0) is 9.53 Å². The summed E-state index contributed by atoms with van der Waals surface area (Å²) in [4.78, 5) is 23.3. The molecule has 0 aliphatic carbocycles. The number of halogens is 1. The molecule has 1 amide bonds. The molecule has 2 rings (SSSR count). The second kappa shape index (κ2) is 7.75. The number of methoxy groups -OCH3 is 1. The van der Waals surface area contributed by atoms with Gasteiger partial charge in [-0.2, -0.15) is 5.10 Å². The van der Waals surface area contributed by atoms with Crippen LogP contribution in [0.5, 0.6) is 0 Å². The van der Waals surface area contributed by atoms with Crippen molar-refractivity contribution >= 4 is 23.5 Å². The third-order valence-electron chi connectivity index (χ3n) is 3.15. The number of carbonyl (C=O) groups excluding carboxylic acids is 1. The van der Waals surface area contributed by atoms with Gasteiger partial charge in [0.1, 0.15) is 6.04 Å². The third kappa shape index (κ3) is 4.54. The molecular formula is C15H16ClN3O4. The molecule has 0 radical (unpaired) electrons. The van der Waals surface area contributed by atoms with Crippen molar-refractivity contribution in [2.75, 3.05) is 13.7 Å². The van der Waals surface area contributed by atoms with E-state index in [1.807, 2.05) is 0 Å². The maximum Gasteiger partial charge on any atom is 0.326 e. The van der Waals surface area contributed by atoms with Crippen molar-refractivity contribution < 1.29 is 19.4 Å². The lowest BCUT2D eigenvalue weighted by Crippen LogP contribution is -2.41. The largest absolute Gasteiger partial charge is 0.480 e. The van der Waals surface area contributed by atoms with Crippen LogP contribution in [0.3, 0.4) is 0 Å². The monoisotopic (exact) mass is 337 g/mol. The first-order valence-corrected chi connectivity index (χ1v) is 7.22. The molecule has 1 unspecified atom stereocenters. The van der Waals surface area contributed by atoms with Crippen LogP contribution in [0.4, 0.5) is 0 Å². The first-order valence-electron chi connectivity index (χ1n) is 6.84. The second-order valence-corrected chi connectivity index (χ2v) is 5.23. The van der Waals surface area contributed by atoms with Crippen molar-refractivity contribution in [2.24, 2.45) is 0 Å². The van der Waals surface area contributed by atoms with Gasteiger partial charge < -0.3 is 15.2 Å². The molecule has 0 spiro atoms. The average molecular weight is 338 g/mol. The molecule has 122 valence electrons. The van der Waals surface area contributed by atoms with Gasteiger partial charge in [-0.25, -0.2) is 9.48 Å². The number of benzene rings is 1. The Morgan fingerprint density at radius 2 is 2.09 bits per heavy atom. The Kier molecular flexibility index (Phi) is 5.72. The number of aromatic nitrogens is 2. The van der Waals surface area contributed by atoms with Crippen LogP contribution >= 0.6 is 11.6 Å². The fourth-order valence-electron chi connectivity index (χ4n) is 1.91. The molecule has 23 heavy (non-hydrogen) atoms. The lowest BCUT2D eigenvalue weighted by atomic mass is 10.2. The van der Waals surface area contributed by atoms with Gasteiger partial charge in [0.15, 0.2) is 0 Å². The smallest absolute Gasteiger partial charge is 0.326 e. The summed E-state index contributed by atoms with van der Waals surface area (Å²) >= 11 is 5.82. The number of aliphatic carboxylic acids is 1. The van der Waals surface area contributed by atoms with Gasteiger partial charge in [-0.3, -0.25) is 4.79 Å². The zero-order valence-corrected chi connectivity index (χ0v) is 13.2. The lowest BCUT2D eigenvalue weighted by Gasteiger charge is -2.13. The number of carbonyl (C=O) groups is 2. The van der Waals surface area contributed by atoms with Crippen molar-refractivity contribution in [3.05, 3.63) is 47.2 Å². The van der Waals surface area contributed by atoms with Crippen molar-refractivity contribution in [3.8, 4) is 5.69 Å². The molecule has 0 fully saturated rings. The van der Waals surface area contributed by atoms with E-state index < -0.39 is 17.9 Å². The minimum absolute atomic E-state index is 0.183. The van der Waals surface area contributed by atoms with Gasteiger partial charge in [-0.05, 0) is 24.3 Å². The summed E-state index contributed by atoms with van der Waals surface area (Å²) in [5.41, 5.74) is 1.01. The molecule has 0 aliphatic heterocycles. The second-order valence-electron chi connectivity index (χ2n) is 4.80. The first kappa shape index (κ1) is 17.0. The Labute approximate surface area is 137 Å². The van der Waals surface area contributed by atoms with Gasteiger partial charge in [-0.1, -0.05) is 11.6 Å². The van der Waals surface area contributed by atoms with E-state index in [4.69, 9.17) is 21.4 Å². The molecule has 2 aromatic rings. The van der Waals surface area contributed by atoms with E-state index in [0.717, 1.165) is 5.69 Å². The normalized spacial score (nSPS) is 11.9. The van der Waals surface area contributed by atoms with Crippen LogP contribution in [0.2, 0.25) is 5.02 Å². The molecule has 1 aromatic heterocycles. The van der Waals surface area contributed by atoms with E-state index in [0.29, 0.717) is 5.02 Å². The van der Waals surface area contributed by atoms with E-state index in [2.05, 4.69) is 10.4 Å². The van der Waals surface area contributed by atoms with Crippen LogP contribution < -0.4 is 5.32 Å². The van der Waals surface area contributed by atoms with Gasteiger partial charge in [0.25, 0.3) is 5.91 Å². The quantitative estimate of drug-likeness (QED) is 0.802. The molecule has 1 heterocycles. The Hall–Kier alpha value is -2.38. The molecule has 8 heteroatoms. The van der Waals surface area contributed by atoms with E-state index in [1.54, 1.807) is 24.3 Å². The molecule has 1 atom stereocenters. The molecule has 2 N–H and O–H groups in total. The summed E-state index contributed by atoms with van der Waals surface area (Å²) < 4.78 is 6.35. The number of nitrogens with one attached hydrogen (secondary N) is 1. The summed E-state index contributed by atoms with van der Waals surface area (Å²) in [6.45, 7) is 0.237. The maximum atomic E-state index is 12.1. The van der Waals surface area contributed by atoms with Crippen LogP contribution in [0.15, 0.2) is 36.7 Å². The van der Waals surface area contributed by atoms with Crippen LogP contribution in [0.1, 0.15) is 16.8 Å². The summed E-state index contributed by atoms with van der Waals surface area (Å²) in [5, 5.41) is 16.2.